The second-order valence-corrected chi connectivity index (χ2v) is 7.88. The highest BCUT2D eigenvalue weighted by Crippen LogP contribution is 2.35. The van der Waals surface area contributed by atoms with E-state index in [0.29, 0.717) is 30.2 Å². The Kier molecular flexibility index (Phi) is 3.86. The Labute approximate surface area is 161 Å². The van der Waals surface area contributed by atoms with E-state index in [0.717, 1.165) is 22.7 Å². The topological polar surface area (TPSA) is 51.7 Å². The normalized spacial score (nSPS) is 14.9. The van der Waals surface area contributed by atoms with Crippen molar-refractivity contribution >= 4 is 17.2 Å². The first-order chi connectivity index (χ1) is 13.2. The van der Waals surface area contributed by atoms with E-state index < -0.39 is 0 Å². The molecular formula is C21H18N2O3S. The predicted molar refractivity (Wildman–Crippen MR) is 103 cm³/mol. The lowest BCUT2D eigenvalue weighted by molar-refractivity contribution is 0.0736. The van der Waals surface area contributed by atoms with E-state index in [4.69, 9.17) is 14.5 Å². The largest absolute Gasteiger partial charge is 0.454 e. The summed E-state index contributed by atoms with van der Waals surface area (Å²) in [7, 11) is 0. The van der Waals surface area contributed by atoms with Gasteiger partial charge in [0.25, 0.3) is 5.91 Å². The van der Waals surface area contributed by atoms with E-state index in [-0.39, 0.29) is 12.7 Å². The van der Waals surface area contributed by atoms with Crippen LogP contribution in [0.25, 0.3) is 10.6 Å². The van der Waals surface area contributed by atoms with Gasteiger partial charge < -0.3 is 14.4 Å². The van der Waals surface area contributed by atoms with Crippen LogP contribution in [0.15, 0.2) is 42.5 Å². The molecule has 0 spiro atoms. The van der Waals surface area contributed by atoms with Crippen LogP contribution in [-0.4, -0.2) is 29.1 Å². The molecule has 0 bridgehead atoms. The molecule has 0 atom stereocenters. The summed E-state index contributed by atoms with van der Waals surface area (Å²) in [5.74, 6) is 1.35. The number of aryl methyl sites for hydroxylation is 1. The second kappa shape index (κ2) is 6.39. The minimum absolute atomic E-state index is 0.0178. The molecule has 3 aromatic rings. The van der Waals surface area contributed by atoms with Gasteiger partial charge in [0.1, 0.15) is 5.01 Å². The van der Waals surface area contributed by atoms with Crippen molar-refractivity contribution in [2.75, 3.05) is 13.3 Å². The molecule has 0 N–H and O–H groups in total. The quantitative estimate of drug-likeness (QED) is 0.675. The molecular weight excluding hydrogens is 360 g/mol. The summed E-state index contributed by atoms with van der Waals surface area (Å²) >= 11 is 1.68. The van der Waals surface area contributed by atoms with E-state index >= 15 is 0 Å². The maximum Gasteiger partial charge on any atom is 0.254 e. The highest BCUT2D eigenvalue weighted by atomic mass is 32.1. The summed E-state index contributed by atoms with van der Waals surface area (Å²) in [6.07, 6.45) is 0.786. The highest BCUT2D eigenvalue weighted by Gasteiger charge is 2.26. The maximum absolute atomic E-state index is 12.9. The zero-order valence-electron chi connectivity index (χ0n) is 14.9. The first-order valence-electron chi connectivity index (χ1n) is 8.92. The molecule has 0 saturated carbocycles. The molecule has 5 rings (SSSR count). The second-order valence-electron chi connectivity index (χ2n) is 6.80. The van der Waals surface area contributed by atoms with Crippen LogP contribution in [0.3, 0.4) is 0 Å². The van der Waals surface area contributed by atoms with Crippen LogP contribution < -0.4 is 9.47 Å². The van der Waals surface area contributed by atoms with E-state index in [9.17, 15) is 4.79 Å². The number of aromatic nitrogens is 1. The highest BCUT2D eigenvalue weighted by molar-refractivity contribution is 7.15. The Bertz CT molecular complexity index is 1030. The van der Waals surface area contributed by atoms with Gasteiger partial charge in [0, 0.05) is 29.0 Å². The molecule has 0 radical (unpaired) electrons. The Balaban J connectivity index is 1.38. The number of ether oxygens (including phenoxy) is 2. The molecule has 1 amide bonds. The van der Waals surface area contributed by atoms with Crippen LogP contribution in [0.5, 0.6) is 11.5 Å². The lowest BCUT2D eigenvalue weighted by atomic mass is 10.1. The van der Waals surface area contributed by atoms with Crippen LogP contribution in [0.4, 0.5) is 0 Å². The number of carbonyl (C=O) groups excluding carboxylic acids is 1. The van der Waals surface area contributed by atoms with Gasteiger partial charge in [0.05, 0.1) is 12.2 Å². The molecule has 0 aliphatic carbocycles. The molecule has 0 unspecified atom stereocenters. The van der Waals surface area contributed by atoms with Gasteiger partial charge in [-0.15, -0.1) is 11.3 Å². The van der Waals surface area contributed by atoms with E-state index in [2.05, 4.69) is 31.2 Å². The fraction of sp³-hybridized carbons (Fsp3) is 0.238. The summed E-state index contributed by atoms with van der Waals surface area (Å²) in [6.45, 7) is 3.57. The van der Waals surface area contributed by atoms with E-state index in [1.165, 1.54) is 10.4 Å². The molecule has 6 heteroatoms. The first kappa shape index (κ1) is 16.3. The molecule has 1 aromatic heterocycles. The lowest BCUT2D eigenvalue weighted by Gasteiger charge is -2.26. The zero-order valence-corrected chi connectivity index (χ0v) is 15.7. The van der Waals surface area contributed by atoms with Crippen LogP contribution in [0.2, 0.25) is 0 Å². The average Bonchev–Trinajstić information content (AvgIpc) is 3.33. The van der Waals surface area contributed by atoms with Gasteiger partial charge in [0.2, 0.25) is 6.79 Å². The number of rotatable bonds is 2. The van der Waals surface area contributed by atoms with Gasteiger partial charge in [0.15, 0.2) is 11.5 Å². The third-order valence-electron chi connectivity index (χ3n) is 4.94. The SMILES string of the molecule is Cc1ccc(-c2nc3c(s2)CN(C(=O)c2ccc4c(c2)OCO4)CC3)cc1. The number of benzene rings is 2. The number of hydrogen-bond acceptors (Lipinski definition) is 5. The summed E-state index contributed by atoms with van der Waals surface area (Å²) in [6, 6.07) is 13.8. The van der Waals surface area contributed by atoms with Gasteiger partial charge in [-0.2, -0.15) is 0 Å². The van der Waals surface area contributed by atoms with Crippen molar-refractivity contribution in [1.82, 2.24) is 9.88 Å². The van der Waals surface area contributed by atoms with E-state index in [1.807, 2.05) is 4.90 Å². The molecule has 5 nitrogen and oxygen atoms in total. The van der Waals surface area contributed by atoms with Crippen LogP contribution in [-0.2, 0) is 13.0 Å². The van der Waals surface area contributed by atoms with Crippen molar-refractivity contribution < 1.29 is 14.3 Å². The van der Waals surface area contributed by atoms with Crippen molar-refractivity contribution in [3.8, 4) is 22.1 Å². The lowest BCUT2D eigenvalue weighted by Crippen LogP contribution is -2.35. The molecule has 2 aliphatic heterocycles. The van der Waals surface area contributed by atoms with Gasteiger partial charge >= 0.3 is 0 Å². The molecule has 0 fully saturated rings. The van der Waals surface area contributed by atoms with Crippen LogP contribution >= 0.6 is 11.3 Å². The minimum Gasteiger partial charge on any atom is -0.454 e. The summed E-state index contributed by atoms with van der Waals surface area (Å²) in [5, 5.41) is 1.03. The molecule has 2 aliphatic rings. The van der Waals surface area contributed by atoms with Gasteiger partial charge in [-0.3, -0.25) is 4.79 Å². The summed E-state index contributed by atoms with van der Waals surface area (Å²) in [5.41, 5.74) is 4.12. The van der Waals surface area contributed by atoms with E-state index in [1.54, 1.807) is 29.5 Å². The number of thiazole rings is 1. The molecule has 2 aromatic carbocycles. The number of amides is 1. The smallest absolute Gasteiger partial charge is 0.254 e. The minimum atomic E-state index is 0.0178. The third kappa shape index (κ3) is 2.96. The van der Waals surface area contributed by atoms with Crippen molar-refractivity contribution in [3.63, 3.8) is 0 Å². The van der Waals surface area contributed by atoms with Crippen molar-refractivity contribution in [3.05, 3.63) is 64.2 Å². The molecule has 27 heavy (non-hydrogen) atoms. The zero-order chi connectivity index (χ0) is 18.4. The van der Waals surface area contributed by atoms with Crippen LogP contribution in [0, 0.1) is 6.92 Å². The van der Waals surface area contributed by atoms with Gasteiger partial charge in [-0.05, 0) is 25.1 Å². The number of fused-ring (bicyclic) bond motifs is 2. The average molecular weight is 378 g/mol. The molecule has 0 saturated heterocycles. The number of nitrogens with zero attached hydrogens (tertiary/aromatic N) is 2. The number of hydrogen-bond donors (Lipinski definition) is 0. The standard InChI is InChI=1S/C21H18N2O3S/c1-13-2-4-14(5-3-13)20-22-16-8-9-23(11-19(16)27-20)21(24)15-6-7-17-18(10-15)26-12-25-17/h2-7,10H,8-9,11-12H2,1H3. The number of carbonyl (C=O) groups is 1. The van der Waals surface area contributed by atoms with Gasteiger partial charge in [-0.25, -0.2) is 4.98 Å². The van der Waals surface area contributed by atoms with Crippen molar-refractivity contribution in [1.29, 1.82) is 0 Å². The Morgan fingerprint density at radius 3 is 2.78 bits per heavy atom. The maximum atomic E-state index is 12.9. The molecule has 136 valence electrons. The predicted octanol–water partition coefficient (Wildman–Crippen LogP) is 4.05. The Morgan fingerprint density at radius 2 is 1.93 bits per heavy atom. The Morgan fingerprint density at radius 1 is 1.11 bits per heavy atom. The fourth-order valence-electron chi connectivity index (χ4n) is 3.40. The monoisotopic (exact) mass is 378 g/mol. The summed E-state index contributed by atoms with van der Waals surface area (Å²) < 4.78 is 10.7. The van der Waals surface area contributed by atoms with Gasteiger partial charge in [-0.1, -0.05) is 29.8 Å². The molecule has 3 heterocycles. The summed E-state index contributed by atoms with van der Waals surface area (Å²) in [4.78, 5) is 20.8. The Hall–Kier alpha value is -2.86. The van der Waals surface area contributed by atoms with Crippen LogP contribution in [0.1, 0.15) is 26.5 Å². The van der Waals surface area contributed by atoms with Crippen molar-refractivity contribution in [2.24, 2.45) is 0 Å². The third-order valence-corrected chi connectivity index (χ3v) is 6.07. The fourth-order valence-corrected chi connectivity index (χ4v) is 4.53. The van der Waals surface area contributed by atoms with Crippen molar-refractivity contribution in [2.45, 2.75) is 19.9 Å². The first-order valence-corrected chi connectivity index (χ1v) is 9.73.